The zero-order chi connectivity index (χ0) is 33.6. The number of aryl methyl sites for hydroxylation is 2. The molecule has 0 fully saturated rings. The molecule has 0 heterocycles. The van der Waals surface area contributed by atoms with Crippen molar-refractivity contribution in [3.05, 3.63) is 59.7 Å². The first kappa shape index (κ1) is 45.1. The fraction of sp³-hybridized carbons (Fsp3) is 0.700. The highest BCUT2D eigenvalue weighted by atomic mass is 32.3. The van der Waals surface area contributed by atoms with Crippen molar-refractivity contribution < 1.29 is 22.3 Å². The average Bonchev–Trinajstić information content (AvgIpc) is 3.03. The summed E-state index contributed by atoms with van der Waals surface area (Å²) in [5.41, 5.74) is 2.72. The summed E-state index contributed by atoms with van der Waals surface area (Å²) in [6, 6.07) is 17.4. The second kappa shape index (κ2) is 31.3. The van der Waals surface area contributed by atoms with E-state index in [1.54, 1.807) is 0 Å². The Bertz CT molecular complexity index is 998. The van der Waals surface area contributed by atoms with Crippen molar-refractivity contribution in [2.24, 2.45) is 0 Å². The summed E-state index contributed by atoms with van der Waals surface area (Å²) in [6.45, 7) is 4.60. The molecule has 0 spiro atoms. The molecule has 0 aliphatic carbocycles. The second-order valence-corrected chi connectivity index (χ2v) is 13.9. The fourth-order valence-corrected chi connectivity index (χ4v) is 6.05. The molecule has 272 valence electrons. The smallest absolute Gasteiger partial charge is 0.394 e. The number of hydrogen-bond acceptors (Lipinski definition) is 4. The summed E-state index contributed by atoms with van der Waals surface area (Å²) in [7, 11) is -4.67. The number of benzene rings is 2. The van der Waals surface area contributed by atoms with Crippen LogP contribution in [0.3, 0.4) is 0 Å². The van der Waals surface area contributed by atoms with Crippen molar-refractivity contribution in [3.63, 3.8) is 0 Å². The van der Waals surface area contributed by atoms with Gasteiger partial charge in [0.15, 0.2) is 0 Å². The SMILES string of the molecule is CCCCCCCCCCCCCCc1ccccc1Oc1ccccc1CCCCCCCCCCCCCC.N.O=S(=O)(O)O. The molecule has 2 aromatic carbocycles. The standard InChI is InChI=1S/C40H66O.H3N.H2O4S/c1-3-5-7-9-11-13-15-17-19-21-23-25-31-37-33-27-29-35-39(37)41-40-36-30-28-34-38(40)32-26-24-22-20-18-16-14-12-10-8-6-4-2;;1-5(2,3)4/h27-30,33-36H,3-26,31-32H2,1-2H3;1H3;(H2,1,2,3,4). The Morgan fingerprint density at radius 3 is 0.957 bits per heavy atom. The lowest BCUT2D eigenvalue weighted by atomic mass is 10.0. The van der Waals surface area contributed by atoms with Crippen molar-refractivity contribution in [2.75, 3.05) is 0 Å². The van der Waals surface area contributed by atoms with Gasteiger partial charge in [-0.25, -0.2) is 0 Å². The van der Waals surface area contributed by atoms with Gasteiger partial charge < -0.3 is 10.9 Å². The summed E-state index contributed by atoms with van der Waals surface area (Å²) >= 11 is 0. The lowest BCUT2D eigenvalue weighted by Gasteiger charge is -2.14. The van der Waals surface area contributed by atoms with Crippen LogP contribution in [0.25, 0.3) is 0 Å². The molecule has 0 atom stereocenters. The molecule has 6 nitrogen and oxygen atoms in total. The average molecular weight is 678 g/mol. The van der Waals surface area contributed by atoms with Crippen LogP contribution < -0.4 is 10.9 Å². The van der Waals surface area contributed by atoms with E-state index in [0.717, 1.165) is 24.3 Å². The predicted octanol–water partition coefficient (Wildman–Crippen LogP) is 13.5. The Balaban J connectivity index is 0.00000326. The second-order valence-electron chi connectivity index (χ2n) is 13.0. The van der Waals surface area contributed by atoms with Crippen LogP contribution in [0.2, 0.25) is 0 Å². The van der Waals surface area contributed by atoms with E-state index in [0.29, 0.717) is 0 Å². The zero-order valence-electron chi connectivity index (χ0n) is 30.2. The third kappa shape index (κ3) is 28.8. The maximum absolute atomic E-state index is 8.74. The maximum Gasteiger partial charge on any atom is 0.394 e. The molecule has 0 bridgehead atoms. The van der Waals surface area contributed by atoms with Gasteiger partial charge in [-0.05, 0) is 48.9 Å². The highest BCUT2D eigenvalue weighted by molar-refractivity contribution is 7.79. The van der Waals surface area contributed by atoms with Crippen LogP contribution >= 0.6 is 0 Å². The lowest BCUT2D eigenvalue weighted by Crippen LogP contribution is -1.96. The van der Waals surface area contributed by atoms with Crippen molar-refractivity contribution in [2.45, 2.75) is 181 Å². The lowest BCUT2D eigenvalue weighted by molar-refractivity contribution is 0.381. The number of unbranched alkanes of at least 4 members (excludes halogenated alkanes) is 22. The third-order valence-electron chi connectivity index (χ3n) is 8.76. The third-order valence-corrected chi connectivity index (χ3v) is 8.76. The molecule has 0 saturated heterocycles. The van der Waals surface area contributed by atoms with E-state index in [1.807, 2.05) is 0 Å². The maximum atomic E-state index is 8.74. The summed E-state index contributed by atoms with van der Waals surface area (Å²) < 4.78 is 38.1. The van der Waals surface area contributed by atoms with E-state index in [9.17, 15) is 0 Å². The van der Waals surface area contributed by atoms with Crippen LogP contribution in [-0.4, -0.2) is 17.5 Å². The highest BCUT2D eigenvalue weighted by Crippen LogP contribution is 2.30. The molecule has 5 N–H and O–H groups in total. The summed E-state index contributed by atoms with van der Waals surface area (Å²) in [5.74, 6) is 2.11. The minimum Gasteiger partial charge on any atom is -0.457 e. The summed E-state index contributed by atoms with van der Waals surface area (Å²) in [5, 5.41) is 0. The first-order valence-corrected chi connectivity index (χ1v) is 20.3. The van der Waals surface area contributed by atoms with Gasteiger partial charge in [-0.15, -0.1) is 0 Å². The van der Waals surface area contributed by atoms with Gasteiger partial charge in [-0.2, -0.15) is 8.42 Å². The van der Waals surface area contributed by atoms with E-state index in [2.05, 4.69) is 62.4 Å². The Hall–Kier alpha value is -1.93. The van der Waals surface area contributed by atoms with Gasteiger partial charge in [-0.1, -0.05) is 192 Å². The Labute approximate surface area is 290 Å². The number of rotatable bonds is 28. The Morgan fingerprint density at radius 2 is 0.681 bits per heavy atom. The number of ether oxygens (including phenoxy) is 1. The van der Waals surface area contributed by atoms with E-state index >= 15 is 0 Å². The molecule has 0 unspecified atom stereocenters. The van der Waals surface area contributed by atoms with Gasteiger partial charge in [-0.3, -0.25) is 9.11 Å². The highest BCUT2D eigenvalue weighted by Gasteiger charge is 2.08. The van der Waals surface area contributed by atoms with Gasteiger partial charge in [0.1, 0.15) is 11.5 Å². The molecule has 0 amide bonds. The molecule has 0 aliphatic rings. The molecule has 2 aromatic rings. The van der Waals surface area contributed by atoms with Crippen LogP contribution in [0.4, 0.5) is 0 Å². The Morgan fingerprint density at radius 1 is 0.447 bits per heavy atom. The largest absolute Gasteiger partial charge is 0.457 e. The zero-order valence-corrected chi connectivity index (χ0v) is 31.1. The molecular weight excluding hydrogens is 607 g/mol. The first-order chi connectivity index (χ1) is 22.3. The molecule has 0 aliphatic heterocycles. The minimum absolute atomic E-state index is 0. The van der Waals surface area contributed by atoms with Crippen LogP contribution in [0.1, 0.15) is 179 Å². The Kier molecular flexibility index (Phi) is 30.1. The van der Waals surface area contributed by atoms with Gasteiger partial charge in [0, 0.05) is 0 Å². The van der Waals surface area contributed by atoms with Gasteiger partial charge >= 0.3 is 10.4 Å². The molecule has 47 heavy (non-hydrogen) atoms. The molecular formula is C40H71NO5S. The first-order valence-electron chi connectivity index (χ1n) is 18.9. The molecule has 2 rings (SSSR count). The van der Waals surface area contributed by atoms with Crippen LogP contribution in [0, 0.1) is 0 Å². The summed E-state index contributed by atoms with van der Waals surface area (Å²) in [6.07, 6.45) is 35.8. The normalized spacial score (nSPS) is 11.1. The molecule has 0 aromatic heterocycles. The van der Waals surface area contributed by atoms with Gasteiger partial charge in [0.05, 0.1) is 0 Å². The van der Waals surface area contributed by atoms with Gasteiger partial charge in [0.25, 0.3) is 0 Å². The van der Waals surface area contributed by atoms with Crippen LogP contribution in [0.15, 0.2) is 48.5 Å². The van der Waals surface area contributed by atoms with Crippen molar-refractivity contribution in [1.29, 1.82) is 0 Å². The van der Waals surface area contributed by atoms with E-state index < -0.39 is 10.4 Å². The van der Waals surface area contributed by atoms with E-state index in [4.69, 9.17) is 22.3 Å². The molecule has 0 radical (unpaired) electrons. The monoisotopic (exact) mass is 678 g/mol. The van der Waals surface area contributed by atoms with Crippen LogP contribution in [-0.2, 0) is 23.2 Å². The van der Waals surface area contributed by atoms with Crippen molar-refractivity contribution in [3.8, 4) is 11.5 Å². The topological polar surface area (TPSA) is 119 Å². The quantitative estimate of drug-likeness (QED) is 0.0609. The minimum atomic E-state index is -4.67. The molecule has 0 saturated carbocycles. The summed E-state index contributed by atoms with van der Waals surface area (Å²) in [4.78, 5) is 0. The van der Waals surface area contributed by atoms with Gasteiger partial charge in [0.2, 0.25) is 0 Å². The van der Waals surface area contributed by atoms with Crippen molar-refractivity contribution in [1.82, 2.24) is 6.15 Å². The van der Waals surface area contributed by atoms with Crippen LogP contribution in [0.5, 0.6) is 11.5 Å². The van der Waals surface area contributed by atoms with E-state index in [1.165, 1.54) is 165 Å². The van der Waals surface area contributed by atoms with Crippen molar-refractivity contribution >= 4 is 10.4 Å². The molecule has 7 heteroatoms. The fourth-order valence-electron chi connectivity index (χ4n) is 6.05. The number of hydrogen-bond donors (Lipinski definition) is 3. The number of para-hydroxylation sites is 2. The predicted molar refractivity (Wildman–Crippen MR) is 202 cm³/mol. The van der Waals surface area contributed by atoms with E-state index in [-0.39, 0.29) is 6.15 Å².